The highest BCUT2D eigenvalue weighted by Crippen LogP contribution is 2.34. The summed E-state index contributed by atoms with van der Waals surface area (Å²) in [5.41, 5.74) is 1.59. The summed E-state index contributed by atoms with van der Waals surface area (Å²) in [6, 6.07) is 10.3. The van der Waals surface area contributed by atoms with Gasteiger partial charge in [-0.25, -0.2) is 0 Å². The van der Waals surface area contributed by atoms with E-state index in [-0.39, 0.29) is 5.75 Å². The predicted molar refractivity (Wildman–Crippen MR) is 97.4 cm³/mol. The fraction of sp³-hybridized carbons (Fsp3) is 0.300. The number of hydrogen-bond donors (Lipinski definition) is 2. The van der Waals surface area contributed by atoms with Crippen molar-refractivity contribution < 1.29 is 24.4 Å². The van der Waals surface area contributed by atoms with Crippen molar-refractivity contribution in [2.24, 2.45) is 0 Å². The first-order valence-electron chi connectivity index (χ1n) is 8.02. The lowest BCUT2D eigenvalue weighted by atomic mass is 10.0. The van der Waals surface area contributed by atoms with Crippen molar-refractivity contribution in [1.29, 1.82) is 0 Å². The molecule has 0 amide bonds. The largest absolute Gasteiger partial charge is 0.504 e. The number of phenols is 1. The summed E-state index contributed by atoms with van der Waals surface area (Å²) < 4.78 is 16.3. The van der Waals surface area contributed by atoms with Crippen LogP contribution in [0.15, 0.2) is 42.5 Å². The third-order valence-corrected chi connectivity index (χ3v) is 3.85. The van der Waals surface area contributed by atoms with Gasteiger partial charge in [0.1, 0.15) is 12.2 Å². The molecule has 0 radical (unpaired) electrons. The van der Waals surface area contributed by atoms with Crippen molar-refractivity contribution in [1.82, 2.24) is 0 Å². The molecule has 0 unspecified atom stereocenters. The molecule has 0 aliphatic carbocycles. The second-order valence-electron chi connectivity index (χ2n) is 5.61. The average molecular weight is 344 g/mol. The number of phenolic OH excluding ortho intramolecular Hbond substituents is 1. The Morgan fingerprint density at radius 1 is 0.960 bits per heavy atom. The Morgan fingerprint density at radius 2 is 1.68 bits per heavy atom. The van der Waals surface area contributed by atoms with E-state index >= 15 is 0 Å². The highest BCUT2D eigenvalue weighted by molar-refractivity contribution is 5.55. The van der Waals surface area contributed by atoms with Crippen molar-refractivity contribution in [2.75, 3.05) is 14.2 Å². The van der Waals surface area contributed by atoms with Crippen LogP contribution in [0.25, 0.3) is 6.08 Å². The van der Waals surface area contributed by atoms with Crippen LogP contribution < -0.4 is 14.2 Å². The summed E-state index contributed by atoms with van der Waals surface area (Å²) >= 11 is 0. The Bertz CT molecular complexity index is 739. The molecule has 0 aliphatic heterocycles. The SMILES string of the molecule is C/C=C\c1ccc(O[C@@H](C)[C@H](O)c2ccc(O)c(OC)c2)c(OC)c1. The number of allylic oxidation sites excluding steroid dienone is 1. The zero-order chi connectivity index (χ0) is 18.4. The Hall–Kier alpha value is -2.66. The zero-order valence-corrected chi connectivity index (χ0v) is 14.9. The molecule has 0 heterocycles. The van der Waals surface area contributed by atoms with Gasteiger partial charge >= 0.3 is 0 Å². The molecule has 0 bridgehead atoms. The van der Waals surface area contributed by atoms with Crippen molar-refractivity contribution in [3.05, 3.63) is 53.6 Å². The molecule has 2 aromatic rings. The molecule has 0 fully saturated rings. The predicted octanol–water partition coefficient (Wildman–Crippen LogP) is 3.94. The summed E-state index contributed by atoms with van der Waals surface area (Å²) in [5.74, 6) is 1.47. The number of benzene rings is 2. The molecule has 2 N–H and O–H groups in total. The van der Waals surface area contributed by atoms with Gasteiger partial charge in [-0.05, 0) is 49.2 Å². The maximum Gasteiger partial charge on any atom is 0.161 e. The number of ether oxygens (including phenoxy) is 3. The lowest BCUT2D eigenvalue weighted by Crippen LogP contribution is -2.22. The lowest BCUT2D eigenvalue weighted by Gasteiger charge is -2.22. The first-order chi connectivity index (χ1) is 12.0. The summed E-state index contributed by atoms with van der Waals surface area (Å²) in [7, 11) is 3.04. The van der Waals surface area contributed by atoms with Crippen LogP contribution in [-0.2, 0) is 0 Å². The Labute approximate surface area is 148 Å². The Kier molecular flexibility index (Phi) is 6.31. The van der Waals surface area contributed by atoms with E-state index in [1.807, 2.05) is 37.3 Å². The molecule has 0 saturated heterocycles. The highest BCUT2D eigenvalue weighted by atomic mass is 16.5. The van der Waals surface area contributed by atoms with Crippen LogP contribution in [0, 0.1) is 0 Å². The van der Waals surface area contributed by atoms with E-state index in [0.29, 0.717) is 22.8 Å². The first kappa shape index (κ1) is 18.7. The van der Waals surface area contributed by atoms with E-state index in [9.17, 15) is 10.2 Å². The highest BCUT2D eigenvalue weighted by Gasteiger charge is 2.21. The number of hydrogen-bond acceptors (Lipinski definition) is 5. The maximum atomic E-state index is 10.5. The van der Waals surface area contributed by atoms with Crippen LogP contribution in [0.2, 0.25) is 0 Å². The zero-order valence-electron chi connectivity index (χ0n) is 14.9. The van der Waals surface area contributed by atoms with Gasteiger partial charge in [-0.15, -0.1) is 0 Å². The van der Waals surface area contributed by atoms with Crippen LogP contribution in [-0.4, -0.2) is 30.5 Å². The minimum Gasteiger partial charge on any atom is -0.504 e. The quantitative estimate of drug-likeness (QED) is 0.796. The van der Waals surface area contributed by atoms with Gasteiger partial charge in [0.15, 0.2) is 23.0 Å². The molecule has 25 heavy (non-hydrogen) atoms. The molecule has 134 valence electrons. The Morgan fingerprint density at radius 3 is 2.32 bits per heavy atom. The van der Waals surface area contributed by atoms with Gasteiger partial charge in [-0.1, -0.05) is 24.3 Å². The van der Waals surface area contributed by atoms with Crippen LogP contribution in [0.3, 0.4) is 0 Å². The molecular weight excluding hydrogens is 320 g/mol. The molecule has 2 aromatic carbocycles. The van der Waals surface area contributed by atoms with Crippen LogP contribution in [0.5, 0.6) is 23.0 Å². The third kappa shape index (κ3) is 4.45. The third-order valence-electron chi connectivity index (χ3n) is 3.85. The summed E-state index contributed by atoms with van der Waals surface area (Å²) in [4.78, 5) is 0. The van der Waals surface area contributed by atoms with E-state index in [0.717, 1.165) is 5.56 Å². The van der Waals surface area contributed by atoms with Crippen LogP contribution >= 0.6 is 0 Å². The summed E-state index contributed by atoms with van der Waals surface area (Å²) in [5, 5.41) is 20.2. The van der Waals surface area contributed by atoms with Crippen LogP contribution in [0.1, 0.15) is 31.1 Å². The van der Waals surface area contributed by atoms with Crippen molar-refractivity contribution in [2.45, 2.75) is 26.1 Å². The molecule has 0 aliphatic rings. The minimum absolute atomic E-state index is 0.0215. The maximum absolute atomic E-state index is 10.5. The fourth-order valence-corrected chi connectivity index (χ4v) is 2.49. The standard InChI is InChI=1S/C20H24O5/c1-5-6-14-7-10-17(19(11-14)24-4)25-13(2)20(22)15-8-9-16(21)18(12-15)23-3/h5-13,20-22H,1-4H3/b6-5-/t13-,20-/m0/s1. The minimum atomic E-state index is -0.894. The van der Waals surface area contributed by atoms with Gasteiger partial charge < -0.3 is 24.4 Å². The topological polar surface area (TPSA) is 68.2 Å². The second-order valence-corrected chi connectivity index (χ2v) is 5.61. The normalized spacial score (nSPS) is 13.5. The monoisotopic (exact) mass is 344 g/mol. The molecule has 0 aromatic heterocycles. The van der Waals surface area contributed by atoms with Gasteiger partial charge in [-0.2, -0.15) is 0 Å². The Balaban J connectivity index is 2.19. The van der Waals surface area contributed by atoms with Crippen molar-refractivity contribution in [3.8, 4) is 23.0 Å². The molecule has 5 heteroatoms. The van der Waals surface area contributed by atoms with Crippen molar-refractivity contribution >= 4 is 6.08 Å². The molecule has 5 nitrogen and oxygen atoms in total. The smallest absolute Gasteiger partial charge is 0.161 e. The van der Waals surface area contributed by atoms with E-state index in [1.54, 1.807) is 26.2 Å². The first-order valence-corrected chi connectivity index (χ1v) is 8.02. The number of methoxy groups -OCH3 is 2. The van der Waals surface area contributed by atoms with Gasteiger partial charge in [0, 0.05) is 0 Å². The van der Waals surface area contributed by atoms with Crippen LogP contribution in [0.4, 0.5) is 0 Å². The lowest BCUT2D eigenvalue weighted by molar-refractivity contribution is 0.0450. The summed E-state index contributed by atoms with van der Waals surface area (Å²) in [6.07, 6.45) is 2.48. The van der Waals surface area contributed by atoms with Gasteiger partial charge in [0.2, 0.25) is 0 Å². The number of aliphatic hydroxyl groups excluding tert-OH is 1. The van der Waals surface area contributed by atoms with E-state index < -0.39 is 12.2 Å². The number of aromatic hydroxyl groups is 1. The fourth-order valence-electron chi connectivity index (χ4n) is 2.49. The number of aliphatic hydroxyl groups is 1. The van der Waals surface area contributed by atoms with E-state index in [1.165, 1.54) is 13.2 Å². The van der Waals surface area contributed by atoms with E-state index in [2.05, 4.69) is 0 Å². The average Bonchev–Trinajstić information content (AvgIpc) is 2.62. The van der Waals surface area contributed by atoms with Crippen molar-refractivity contribution in [3.63, 3.8) is 0 Å². The van der Waals surface area contributed by atoms with Gasteiger partial charge in [0.25, 0.3) is 0 Å². The number of rotatable bonds is 7. The van der Waals surface area contributed by atoms with Gasteiger partial charge in [-0.3, -0.25) is 0 Å². The second kappa shape index (κ2) is 8.44. The molecule has 2 atom stereocenters. The molecular formula is C20H24O5. The summed E-state index contributed by atoms with van der Waals surface area (Å²) in [6.45, 7) is 3.71. The molecule has 0 spiro atoms. The van der Waals surface area contributed by atoms with E-state index in [4.69, 9.17) is 14.2 Å². The molecule has 2 rings (SSSR count). The van der Waals surface area contributed by atoms with Gasteiger partial charge in [0.05, 0.1) is 14.2 Å². The molecule has 0 saturated carbocycles.